The minimum absolute atomic E-state index is 0.0115. The molecule has 1 amide bonds. The molecule has 1 spiro atoms. The predicted octanol–water partition coefficient (Wildman–Crippen LogP) is 7.00. The first-order chi connectivity index (χ1) is 23.4. The van der Waals surface area contributed by atoms with Crippen molar-refractivity contribution in [2.24, 2.45) is 11.8 Å². The Kier molecular flexibility index (Phi) is 10.2. The second-order valence-corrected chi connectivity index (χ2v) is 15.5. The number of nitrogens with zero attached hydrogens (tertiary/aromatic N) is 2. The Morgan fingerprint density at radius 1 is 1.02 bits per heavy atom. The van der Waals surface area contributed by atoms with Crippen molar-refractivity contribution in [1.29, 1.82) is 0 Å². The van der Waals surface area contributed by atoms with Crippen molar-refractivity contribution in [2.45, 2.75) is 140 Å². The lowest BCUT2D eigenvalue weighted by molar-refractivity contribution is -0.143. The average Bonchev–Trinajstić information content (AvgIpc) is 3.66. The maximum atomic E-state index is 14.2. The van der Waals surface area contributed by atoms with Crippen LogP contribution >= 0.6 is 0 Å². The lowest BCUT2D eigenvalue weighted by Crippen LogP contribution is -2.69. The molecule has 2 unspecified atom stereocenters. The van der Waals surface area contributed by atoms with E-state index in [2.05, 4.69) is 53.1 Å². The molecule has 260 valence electrons. The lowest BCUT2D eigenvalue weighted by Gasteiger charge is -2.60. The summed E-state index contributed by atoms with van der Waals surface area (Å²) in [6, 6.07) is 15.2. The average molecular weight is 657 g/mol. The van der Waals surface area contributed by atoms with Gasteiger partial charge in [-0.2, -0.15) is 0 Å². The van der Waals surface area contributed by atoms with Crippen LogP contribution in [0.1, 0.15) is 114 Å². The molecule has 3 fully saturated rings. The van der Waals surface area contributed by atoms with Gasteiger partial charge in [-0.3, -0.25) is 14.5 Å². The van der Waals surface area contributed by atoms with E-state index < -0.39 is 0 Å². The number of aryl methyl sites for hydroxylation is 1. The van der Waals surface area contributed by atoms with E-state index in [1.54, 1.807) is 0 Å². The fourth-order valence-corrected chi connectivity index (χ4v) is 10.0. The standard InChI is InChI=1S/C41H56N2O5/c1-3-4-13-23-43(37(46)17-12-7-5-6-9-14-29-15-10-8-11-16-29)33-20-19-32-34-25-30-18-21-36(47-28(2)44)39-38(30)41(32,40(33)48-39)22-24-42(34)27-31-26-35(31)45/h8,10-11,15-16,18,21,31-35,40,45H,3-7,9,12-14,17,19-20,22-27H2,1-2H3/t31?,32-,33+,34+,35?,40-,41-/m0/s1. The maximum absolute atomic E-state index is 14.2. The van der Waals surface area contributed by atoms with E-state index in [1.165, 1.54) is 42.9 Å². The van der Waals surface area contributed by atoms with Gasteiger partial charge >= 0.3 is 5.97 Å². The summed E-state index contributed by atoms with van der Waals surface area (Å²) in [5.41, 5.74) is 3.79. The van der Waals surface area contributed by atoms with Gasteiger partial charge in [-0.25, -0.2) is 0 Å². The number of benzene rings is 2. The topological polar surface area (TPSA) is 79.3 Å². The number of carbonyl (C=O) groups is 2. The van der Waals surface area contributed by atoms with Crippen LogP contribution in [0, 0.1) is 11.8 Å². The fourth-order valence-electron chi connectivity index (χ4n) is 10.0. The Hall–Kier alpha value is -2.90. The summed E-state index contributed by atoms with van der Waals surface area (Å²) in [5, 5.41) is 10.2. The van der Waals surface area contributed by atoms with Gasteiger partial charge in [0.25, 0.3) is 0 Å². The molecule has 2 aromatic rings. The summed E-state index contributed by atoms with van der Waals surface area (Å²) in [5.74, 6) is 2.05. The third kappa shape index (κ3) is 6.54. The van der Waals surface area contributed by atoms with Crippen LogP contribution in [-0.2, 0) is 27.8 Å². The zero-order valence-corrected chi connectivity index (χ0v) is 29.2. The van der Waals surface area contributed by atoms with E-state index in [9.17, 15) is 14.7 Å². The Bertz CT molecular complexity index is 1450. The normalized spacial score (nSPS) is 29.6. The van der Waals surface area contributed by atoms with E-state index in [-0.39, 0.29) is 35.5 Å². The molecular weight excluding hydrogens is 600 g/mol. The van der Waals surface area contributed by atoms with Gasteiger partial charge in [0.05, 0.1) is 12.1 Å². The highest BCUT2D eigenvalue weighted by molar-refractivity contribution is 5.77. The molecule has 48 heavy (non-hydrogen) atoms. The molecule has 0 radical (unpaired) electrons. The molecule has 2 bridgehead atoms. The number of hydrogen-bond acceptors (Lipinski definition) is 6. The van der Waals surface area contributed by atoms with Crippen molar-refractivity contribution >= 4 is 11.9 Å². The van der Waals surface area contributed by atoms with E-state index in [1.807, 2.05) is 6.07 Å². The Labute approximate surface area is 287 Å². The number of esters is 1. The van der Waals surface area contributed by atoms with Crippen molar-refractivity contribution < 1.29 is 24.2 Å². The highest BCUT2D eigenvalue weighted by atomic mass is 16.6. The summed E-state index contributed by atoms with van der Waals surface area (Å²) in [7, 11) is 0. The molecule has 2 heterocycles. The zero-order valence-electron chi connectivity index (χ0n) is 29.2. The van der Waals surface area contributed by atoms with Crippen LogP contribution in [0.2, 0.25) is 0 Å². The molecule has 1 saturated heterocycles. The smallest absolute Gasteiger partial charge is 0.308 e. The minimum atomic E-state index is -0.335. The highest BCUT2D eigenvalue weighted by Crippen LogP contribution is 2.64. The summed E-state index contributed by atoms with van der Waals surface area (Å²) in [6.45, 7) is 6.40. The van der Waals surface area contributed by atoms with Crippen molar-refractivity contribution in [3.05, 3.63) is 59.2 Å². The number of rotatable bonds is 16. The first kappa shape index (κ1) is 33.6. The van der Waals surface area contributed by atoms with Crippen LogP contribution in [-0.4, -0.2) is 70.7 Å². The van der Waals surface area contributed by atoms with E-state index in [0.29, 0.717) is 30.0 Å². The first-order valence-corrected chi connectivity index (χ1v) is 19.2. The Morgan fingerprint density at radius 2 is 1.81 bits per heavy atom. The molecule has 2 aliphatic heterocycles. The second-order valence-electron chi connectivity index (χ2n) is 15.5. The molecule has 7 nitrogen and oxygen atoms in total. The third-order valence-corrected chi connectivity index (χ3v) is 12.4. The van der Waals surface area contributed by atoms with E-state index >= 15 is 0 Å². The number of piperidine rings is 1. The van der Waals surface area contributed by atoms with Crippen LogP contribution < -0.4 is 9.47 Å². The molecule has 3 aliphatic carbocycles. The number of likely N-dealkylation sites (tertiary alicyclic amines) is 1. The van der Waals surface area contributed by atoms with Crippen molar-refractivity contribution in [1.82, 2.24) is 9.80 Å². The fraction of sp³-hybridized carbons (Fsp3) is 0.659. The molecule has 7 rings (SSSR count). The van der Waals surface area contributed by atoms with Gasteiger partial charge in [-0.15, -0.1) is 0 Å². The van der Waals surface area contributed by atoms with E-state index in [4.69, 9.17) is 9.47 Å². The number of hydrogen-bond donors (Lipinski definition) is 1. The van der Waals surface area contributed by atoms with Gasteiger partial charge < -0.3 is 19.5 Å². The van der Waals surface area contributed by atoms with Crippen molar-refractivity contribution in [3.8, 4) is 11.5 Å². The molecular formula is C41H56N2O5. The number of aliphatic hydroxyl groups excluding tert-OH is 1. The Morgan fingerprint density at radius 3 is 2.58 bits per heavy atom. The summed E-state index contributed by atoms with van der Waals surface area (Å²) in [4.78, 5) is 31.3. The third-order valence-electron chi connectivity index (χ3n) is 12.4. The van der Waals surface area contributed by atoms with Crippen LogP contribution in [0.4, 0.5) is 0 Å². The van der Waals surface area contributed by atoms with Gasteiger partial charge in [-0.05, 0) is 87.4 Å². The van der Waals surface area contributed by atoms with Crippen LogP contribution in [0.3, 0.4) is 0 Å². The predicted molar refractivity (Wildman–Crippen MR) is 187 cm³/mol. The SMILES string of the molecule is CCCCCN(C(=O)CCCCCCCc1ccccc1)[C@@H]1CC[C@H]2[C@H]3Cc4ccc(OC(C)=O)c5c4[C@@]2(CCN3CC2CC2O)[C@H]1O5. The van der Waals surface area contributed by atoms with Gasteiger partial charge in [0.2, 0.25) is 5.91 Å². The number of amides is 1. The zero-order chi connectivity index (χ0) is 33.3. The lowest BCUT2D eigenvalue weighted by atomic mass is 9.51. The first-order valence-electron chi connectivity index (χ1n) is 19.2. The largest absolute Gasteiger partial charge is 0.483 e. The molecule has 7 heteroatoms. The number of aliphatic hydroxyl groups is 1. The molecule has 7 atom stereocenters. The van der Waals surface area contributed by atoms with Gasteiger partial charge in [-0.1, -0.05) is 75.4 Å². The molecule has 5 aliphatic rings. The second kappa shape index (κ2) is 14.5. The monoisotopic (exact) mass is 656 g/mol. The molecule has 2 saturated carbocycles. The van der Waals surface area contributed by atoms with Crippen LogP contribution in [0.25, 0.3) is 0 Å². The molecule has 1 N–H and O–H groups in total. The quantitative estimate of drug-likeness (QED) is 0.119. The molecule has 2 aromatic carbocycles. The summed E-state index contributed by atoms with van der Waals surface area (Å²) >= 11 is 0. The summed E-state index contributed by atoms with van der Waals surface area (Å²) in [6.07, 6.45) is 15.1. The van der Waals surface area contributed by atoms with Crippen molar-refractivity contribution in [3.63, 3.8) is 0 Å². The van der Waals surface area contributed by atoms with Crippen LogP contribution in [0.15, 0.2) is 42.5 Å². The number of carbonyl (C=O) groups excluding carboxylic acids is 2. The number of ether oxygens (including phenoxy) is 2. The highest BCUT2D eigenvalue weighted by Gasteiger charge is 2.67. The Balaban J connectivity index is 1.08. The number of unbranched alkanes of at least 4 members (excludes halogenated alkanes) is 6. The molecule has 0 aromatic heterocycles. The van der Waals surface area contributed by atoms with Gasteiger partial charge in [0.1, 0.15) is 6.10 Å². The van der Waals surface area contributed by atoms with Crippen molar-refractivity contribution in [2.75, 3.05) is 19.6 Å². The van der Waals surface area contributed by atoms with Gasteiger partial charge in [0, 0.05) is 49.4 Å². The summed E-state index contributed by atoms with van der Waals surface area (Å²) < 4.78 is 12.8. The minimum Gasteiger partial charge on any atom is -0.483 e. The maximum Gasteiger partial charge on any atom is 0.308 e. The van der Waals surface area contributed by atoms with Gasteiger partial charge in [0.15, 0.2) is 11.5 Å². The van der Waals surface area contributed by atoms with Crippen LogP contribution in [0.5, 0.6) is 11.5 Å². The van der Waals surface area contributed by atoms with E-state index in [0.717, 1.165) is 96.0 Å².